The van der Waals surface area contributed by atoms with Crippen molar-refractivity contribution in [3.05, 3.63) is 0 Å². The fourth-order valence-electron chi connectivity index (χ4n) is 1.75. The van der Waals surface area contributed by atoms with Gasteiger partial charge in [0.15, 0.2) is 0 Å². The summed E-state index contributed by atoms with van der Waals surface area (Å²) >= 11 is 0. The van der Waals surface area contributed by atoms with E-state index in [1.165, 1.54) is 4.90 Å². The summed E-state index contributed by atoms with van der Waals surface area (Å²) < 4.78 is 0. The van der Waals surface area contributed by atoms with E-state index < -0.39 is 12.0 Å². The number of amides is 2. The van der Waals surface area contributed by atoms with E-state index in [1.54, 1.807) is 0 Å². The van der Waals surface area contributed by atoms with Crippen LogP contribution in [-0.2, 0) is 4.79 Å². The first-order chi connectivity index (χ1) is 7.73. The second kappa shape index (κ2) is 4.94. The molecule has 1 fully saturated rings. The Balaban J connectivity index is 2.61. The van der Waals surface area contributed by atoms with Gasteiger partial charge in [-0.1, -0.05) is 20.8 Å². The molecule has 1 rings (SSSR count). The Bertz CT molecular complexity index is 309. The smallest absolute Gasteiger partial charge is 0.326 e. The second-order valence-corrected chi connectivity index (χ2v) is 5.73. The molecule has 0 radical (unpaired) electrons. The van der Waals surface area contributed by atoms with E-state index in [0.29, 0.717) is 13.0 Å². The highest BCUT2D eigenvalue weighted by Crippen LogP contribution is 2.21. The van der Waals surface area contributed by atoms with Crippen LogP contribution in [0.4, 0.5) is 4.79 Å². The molecule has 0 aromatic rings. The molecule has 5 nitrogen and oxygen atoms in total. The summed E-state index contributed by atoms with van der Waals surface area (Å²) in [5.74, 6) is -0.916. The fourth-order valence-corrected chi connectivity index (χ4v) is 1.75. The van der Waals surface area contributed by atoms with E-state index in [2.05, 4.69) is 5.32 Å². The van der Waals surface area contributed by atoms with E-state index in [0.717, 1.165) is 6.42 Å². The molecule has 0 aromatic carbocycles. The van der Waals surface area contributed by atoms with Gasteiger partial charge in [0.1, 0.15) is 6.04 Å². The Morgan fingerprint density at radius 1 is 1.41 bits per heavy atom. The zero-order valence-electron chi connectivity index (χ0n) is 11.0. The first-order valence-corrected chi connectivity index (χ1v) is 6.03. The molecule has 0 spiro atoms. The topological polar surface area (TPSA) is 69.6 Å². The van der Waals surface area contributed by atoms with E-state index in [4.69, 9.17) is 5.11 Å². The van der Waals surface area contributed by atoms with E-state index >= 15 is 0 Å². The van der Waals surface area contributed by atoms with Gasteiger partial charge >= 0.3 is 12.0 Å². The molecule has 0 saturated carbocycles. The zero-order chi connectivity index (χ0) is 13.2. The zero-order valence-corrected chi connectivity index (χ0v) is 11.0. The molecule has 1 heterocycles. The predicted octanol–water partition coefficient (Wildman–Crippen LogP) is 1.68. The minimum atomic E-state index is -0.916. The van der Waals surface area contributed by atoms with Crippen LogP contribution in [0.2, 0.25) is 0 Å². The average Bonchev–Trinajstić information content (AvgIpc) is 2.63. The van der Waals surface area contributed by atoms with Crippen molar-refractivity contribution in [3.63, 3.8) is 0 Å². The Labute approximate surface area is 102 Å². The second-order valence-electron chi connectivity index (χ2n) is 5.73. The number of nitrogens with zero attached hydrogens (tertiary/aromatic N) is 1. The van der Waals surface area contributed by atoms with E-state index in [1.807, 2.05) is 27.7 Å². The molecule has 98 valence electrons. The van der Waals surface area contributed by atoms with Gasteiger partial charge in [-0.3, -0.25) is 0 Å². The third kappa shape index (κ3) is 3.35. The minimum absolute atomic E-state index is 0.00467. The maximum Gasteiger partial charge on any atom is 0.326 e. The minimum Gasteiger partial charge on any atom is -0.480 e. The number of carbonyl (C=O) groups excluding carboxylic acids is 1. The number of nitrogens with one attached hydrogen (secondary N) is 1. The lowest BCUT2D eigenvalue weighted by Crippen LogP contribution is -2.51. The number of carbonyl (C=O) groups is 2. The van der Waals surface area contributed by atoms with Crippen LogP contribution < -0.4 is 5.32 Å². The molecule has 2 amide bonds. The first kappa shape index (κ1) is 13.8. The van der Waals surface area contributed by atoms with Gasteiger partial charge in [-0.15, -0.1) is 0 Å². The summed E-state index contributed by atoms with van der Waals surface area (Å²) in [6.45, 7) is 8.58. The van der Waals surface area contributed by atoms with Crippen LogP contribution in [0.5, 0.6) is 0 Å². The Hall–Kier alpha value is -1.26. The normalized spacial score (nSPS) is 22.4. The van der Waals surface area contributed by atoms with Gasteiger partial charge in [-0.05, 0) is 25.2 Å². The maximum absolute atomic E-state index is 12.0. The van der Waals surface area contributed by atoms with Crippen LogP contribution >= 0.6 is 0 Å². The fraction of sp³-hybridized carbons (Fsp3) is 0.833. The van der Waals surface area contributed by atoms with Crippen LogP contribution in [0, 0.1) is 5.41 Å². The van der Waals surface area contributed by atoms with Crippen molar-refractivity contribution >= 4 is 12.0 Å². The van der Waals surface area contributed by atoms with Crippen molar-refractivity contribution in [3.8, 4) is 0 Å². The number of carboxylic acids is 1. The first-order valence-electron chi connectivity index (χ1n) is 6.03. The SMILES string of the molecule is CC(NC(=O)N1CCCC1C(=O)O)C(C)(C)C. The van der Waals surface area contributed by atoms with Crippen molar-refractivity contribution in [1.82, 2.24) is 10.2 Å². The predicted molar refractivity (Wildman–Crippen MR) is 64.8 cm³/mol. The maximum atomic E-state index is 12.0. The van der Waals surface area contributed by atoms with Crippen molar-refractivity contribution in [2.45, 2.75) is 52.6 Å². The number of carboxylic acid groups (broad SMARTS) is 1. The van der Waals surface area contributed by atoms with Gasteiger partial charge in [0.05, 0.1) is 0 Å². The van der Waals surface area contributed by atoms with Crippen molar-refractivity contribution < 1.29 is 14.7 Å². The molecule has 1 saturated heterocycles. The highest BCUT2D eigenvalue weighted by molar-refractivity contribution is 5.83. The van der Waals surface area contributed by atoms with Crippen molar-refractivity contribution in [2.75, 3.05) is 6.54 Å². The molecule has 2 atom stereocenters. The van der Waals surface area contributed by atoms with Crippen LogP contribution in [0.15, 0.2) is 0 Å². The molecule has 0 aliphatic carbocycles. The number of aliphatic carboxylic acids is 1. The van der Waals surface area contributed by atoms with Gasteiger partial charge in [-0.25, -0.2) is 9.59 Å². The average molecular weight is 242 g/mol. The van der Waals surface area contributed by atoms with Gasteiger partial charge in [-0.2, -0.15) is 0 Å². The number of hydrogen-bond acceptors (Lipinski definition) is 2. The van der Waals surface area contributed by atoms with Crippen LogP contribution in [-0.4, -0.2) is 40.6 Å². The van der Waals surface area contributed by atoms with Crippen LogP contribution in [0.1, 0.15) is 40.5 Å². The molecule has 2 unspecified atom stereocenters. The van der Waals surface area contributed by atoms with Gasteiger partial charge in [0, 0.05) is 12.6 Å². The lowest BCUT2D eigenvalue weighted by atomic mass is 9.88. The van der Waals surface area contributed by atoms with Gasteiger partial charge in [0.25, 0.3) is 0 Å². The molecular weight excluding hydrogens is 220 g/mol. The lowest BCUT2D eigenvalue weighted by Gasteiger charge is -2.31. The van der Waals surface area contributed by atoms with E-state index in [-0.39, 0.29) is 17.5 Å². The summed E-state index contributed by atoms with van der Waals surface area (Å²) in [5, 5.41) is 11.9. The standard InChI is InChI=1S/C12H22N2O3/c1-8(12(2,3)4)13-11(17)14-7-5-6-9(14)10(15)16/h8-9H,5-7H2,1-4H3,(H,13,17)(H,15,16). The van der Waals surface area contributed by atoms with Crippen LogP contribution in [0.25, 0.3) is 0 Å². The largest absolute Gasteiger partial charge is 0.480 e. The van der Waals surface area contributed by atoms with E-state index in [9.17, 15) is 9.59 Å². The quantitative estimate of drug-likeness (QED) is 0.774. The molecule has 17 heavy (non-hydrogen) atoms. The summed E-state index contributed by atoms with van der Waals surface area (Å²) in [6.07, 6.45) is 1.31. The monoisotopic (exact) mass is 242 g/mol. The summed E-state index contributed by atoms with van der Waals surface area (Å²) in [4.78, 5) is 24.4. The van der Waals surface area contributed by atoms with Crippen molar-refractivity contribution in [2.24, 2.45) is 5.41 Å². The number of urea groups is 1. The van der Waals surface area contributed by atoms with Gasteiger partial charge in [0.2, 0.25) is 0 Å². The summed E-state index contributed by atoms with van der Waals surface area (Å²) in [7, 11) is 0. The third-order valence-corrected chi connectivity index (χ3v) is 3.44. The molecule has 0 bridgehead atoms. The Kier molecular flexibility index (Phi) is 4.01. The lowest BCUT2D eigenvalue weighted by molar-refractivity contribution is -0.141. The number of hydrogen-bond donors (Lipinski definition) is 2. The Morgan fingerprint density at radius 2 is 2.00 bits per heavy atom. The van der Waals surface area contributed by atoms with Crippen molar-refractivity contribution in [1.29, 1.82) is 0 Å². The number of rotatable bonds is 2. The molecular formula is C12H22N2O3. The molecule has 5 heteroatoms. The molecule has 2 N–H and O–H groups in total. The molecule has 1 aliphatic rings. The third-order valence-electron chi connectivity index (χ3n) is 3.44. The van der Waals surface area contributed by atoms with Gasteiger partial charge < -0.3 is 15.3 Å². The Morgan fingerprint density at radius 3 is 2.47 bits per heavy atom. The number of likely N-dealkylation sites (tertiary alicyclic amines) is 1. The summed E-state index contributed by atoms with van der Waals surface area (Å²) in [6, 6.07) is -0.926. The molecule has 0 aromatic heterocycles. The molecule has 1 aliphatic heterocycles. The summed E-state index contributed by atoms with van der Waals surface area (Å²) in [5.41, 5.74) is -0.0336. The highest BCUT2D eigenvalue weighted by Gasteiger charge is 2.35. The highest BCUT2D eigenvalue weighted by atomic mass is 16.4. The van der Waals surface area contributed by atoms with Crippen LogP contribution in [0.3, 0.4) is 0 Å².